The molecule has 2 atom stereocenters. The van der Waals surface area contributed by atoms with Crippen LogP contribution in [-0.2, 0) is 15.0 Å². The van der Waals surface area contributed by atoms with E-state index in [0.29, 0.717) is 5.56 Å². The molecule has 0 saturated carbocycles. The molecule has 0 fully saturated rings. The van der Waals surface area contributed by atoms with Gasteiger partial charge in [0.05, 0.1) is 0 Å². The van der Waals surface area contributed by atoms with Crippen LogP contribution in [0.15, 0.2) is 42.1 Å². The normalized spacial score (nSPS) is 25.1. The van der Waals surface area contributed by atoms with Crippen molar-refractivity contribution in [3.63, 3.8) is 0 Å². The summed E-state index contributed by atoms with van der Waals surface area (Å²) in [4.78, 5) is 27.2. The lowest BCUT2D eigenvalue weighted by Crippen LogP contribution is -2.43. The topological polar surface area (TPSA) is 87.5 Å². The van der Waals surface area contributed by atoms with Gasteiger partial charge in [-0.15, -0.1) is 0 Å². The fourth-order valence-electron chi connectivity index (χ4n) is 2.53. The molecular weight excluding hydrogens is 258 g/mol. The van der Waals surface area contributed by atoms with Gasteiger partial charge in [0.25, 0.3) is 0 Å². The number of nitrogens with zero attached hydrogens (tertiary/aromatic N) is 1. The maximum absolute atomic E-state index is 11.8. The minimum Gasteiger partial charge on any atom is -0.480 e. The Bertz CT molecular complexity index is 615. The number of aryl methyl sites for hydroxylation is 1. The third-order valence-corrected chi connectivity index (χ3v) is 3.77. The Morgan fingerprint density at radius 3 is 2.50 bits per heavy atom. The largest absolute Gasteiger partial charge is 0.480 e. The molecule has 1 aromatic rings. The third kappa shape index (κ3) is 2.01. The highest BCUT2D eigenvalue weighted by molar-refractivity contribution is 5.93. The summed E-state index contributed by atoms with van der Waals surface area (Å²) < 4.78 is 0. The van der Waals surface area contributed by atoms with E-state index in [0.717, 1.165) is 5.69 Å². The molecule has 20 heavy (non-hydrogen) atoms. The Hall–Kier alpha value is -2.43. The second-order valence-corrected chi connectivity index (χ2v) is 4.87. The molecule has 0 aromatic carbocycles. The van der Waals surface area contributed by atoms with Crippen LogP contribution in [0.2, 0.25) is 0 Å². The number of carboxylic acid groups (broad SMARTS) is 2. The first-order valence-electron chi connectivity index (χ1n) is 6.19. The molecule has 0 amide bonds. The van der Waals surface area contributed by atoms with Crippen molar-refractivity contribution in [3.8, 4) is 0 Å². The second-order valence-electron chi connectivity index (χ2n) is 4.87. The standard InChI is InChI=1S/C15H15NO4/c1-9-5-6-11(8-16-9)15(14(19)20)7-3-4-12(10(15)2)13(17)18/h3-8,10H,1-2H3,(H,17,18)(H,19,20). The molecule has 0 spiro atoms. The summed E-state index contributed by atoms with van der Waals surface area (Å²) in [5.41, 5.74) is -0.0687. The monoisotopic (exact) mass is 273 g/mol. The number of aromatic nitrogens is 1. The van der Waals surface area contributed by atoms with Gasteiger partial charge in [-0.2, -0.15) is 0 Å². The van der Waals surface area contributed by atoms with E-state index in [1.165, 1.54) is 24.4 Å². The summed E-state index contributed by atoms with van der Waals surface area (Å²) in [6, 6.07) is 3.40. The molecule has 1 aromatic heterocycles. The van der Waals surface area contributed by atoms with Gasteiger partial charge in [0.1, 0.15) is 5.41 Å². The number of carboxylic acids is 2. The van der Waals surface area contributed by atoms with Crippen molar-refractivity contribution < 1.29 is 19.8 Å². The van der Waals surface area contributed by atoms with Crippen LogP contribution in [-0.4, -0.2) is 27.1 Å². The number of allylic oxidation sites excluding steroid dienone is 2. The van der Waals surface area contributed by atoms with E-state index < -0.39 is 23.3 Å². The highest BCUT2D eigenvalue weighted by Crippen LogP contribution is 2.40. The van der Waals surface area contributed by atoms with Crippen LogP contribution in [0.5, 0.6) is 0 Å². The quantitative estimate of drug-likeness (QED) is 0.878. The van der Waals surface area contributed by atoms with Crippen molar-refractivity contribution in [2.45, 2.75) is 19.3 Å². The highest BCUT2D eigenvalue weighted by Gasteiger charge is 2.47. The predicted octanol–water partition coefficient (Wildman–Crippen LogP) is 1.93. The van der Waals surface area contributed by atoms with Crippen molar-refractivity contribution >= 4 is 11.9 Å². The van der Waals surface area contributed by atoms with Crippen molar-refractivity contribution in [2.75, 3.05) is 0 Å². The van der Waals surface area contributed by atoms with E-state index in [4.69, 9.17) is 0 Å². The molecule has 0 radical (unpaired) electrons. The van der Waals surface area contributed by atoms with E-state index in [1.807, 2.05) is 0 Å². The van der Waals surface area contributed by atoms with Gasteiger partial charge in [-0.25, -0.2) is 4.79 Å². The van der Waals surface area contributed by atoms with Gasteiger partial charge in [0.2, 0.25) is 0 Å². The fourth-order valence-corrected chi connectivity index (χ4v) is 2.53. The Kier molecular flexibility index (Phi) is 3.44. The molecule has 5 nitrogen and oxygen atoms in total. The molecule has 104 valence electrons. The van der Waals surface area contributed by atoms with Crippen LogP contribution in [0, 0.1) is 12.8 Å². The van der Waals surface area contributed by atoms with Crippen molar-refractivity contribution in [3.05, 3.63) is 53.4 Å². The maximum atomic E-state index is 11.8. The molecular formula is C15H15NO4. The zero-order valence-corrected chi connectivity index (χ0v) is 11.2. The molecule has 2 N–H and O–H groups in total. The molecule has 1 heterocycles. The lowest BCUT2D eigenvalue weighted by molar-refractivity contribution is -0.143. The van der Waals surface area contributed by atoms with Gasteiger partial charge in [0.15, 0.2) is 0 Å². The SMILES string of the molecule is Cc1ccc(C2(C(=O)O)C=CC=C(C(=O)O)C2C)cn1. The number of rotatable bonds is 3. The molecule has 2 unspecified atom stereocenters. The molecule has 1 aliphatic carbocycles. The summed E-state index contributed by atoms with van der Waals surface area (Å²) in [6.07, 6.45) is 5.95. The molecule has 5 heteroatoms. The minimum atomic E-state index is -1.40. The Labute approximate surface area is 116 Å². The second kappa shape index (κ2) is 4.92. The summed E-state index contributed by atoms with van der Waals surface area (Å²) in [7, 11) is 0. The Morgan fingerprint density at radius 1 is 1.30 bits per heavy atom. The van der Waals surface area contributed by atoms with Gasteiger partial charge in [-0.1, -0.05) is 31.2 Å². The van der Waals surface area contributed by atoms with Crippen molar-refractivity contribution in [2.24, 2.45) is 5.92 Å². The Morgan fingerprint density at radius 2 is 2.00 bits per heavy atom. The summed E-state index contributed by atoms with van der Waals surface area (Å²) in [5.74, 6) is -2.88. The smallest absolute Gasteiger partial charge is 0.331 e. The average molecular weight is 273 g/mol. The summed E-state index contributed by atoms with van der Waals surface area (Å²) in [6.45, 7) is 3.41. The first-order chi connectivity index (χ1) is 9.39. The van der Waals surface area contributed by atoms with Crippen LogP contribution >= 0.6 is 0 Å². The highest BCUT2D eigenvalue weighted by atomic mass is 16.4. The number of carbonyl (C=O) groups is 2. The van der Waals surface area contributed by atoms with E-state index in [9.17, 15) is 19.8 Å². The minimum absolute atomic E-state index is 0.0791. The van der Waals surface area contributed by atoms with Crippen molar-refractivity contribution in [1.29, 1.82) is 0 Å². The van der Waals surface area contributed by atoms with Crippen LogP contribution < -0.4 is 0 Å². The molecule has 0 aliphatic heterocycles. The van der Waals surface area contributed by atoms with E-state index in [2.05, 4.69) is 4.98 Å². The van der Waals surface area contributed by atoms with Crippen molar-refractivity contribution in [1.82, 2.24) is 4.98 Å². The van der Waals surface area contributed by atoms with Crippen LogP contribution in [0.3, 0.4) is 0 Å². The fraction of sp³-hybridized carbons (Fsp3) is 0.267. The number of aliphatic carboxylic acids is 2. The number of hydrogen-bond acceptors (Lipinski definition) is 3. The predicted molar refractivity (Wildman–Crippen MR) is 72.3 cm³/mol. The average Bonchev–Trinajstić information content (AvgIpc) is 2.39. The van der Waals surface area contributed by atoms with E-state index in [-0.39, 0.29) is 5.57 Å². The zero-order valence-electron chi connectivity index (χ0n) is 11.2. The van der Waals surface area contributed by atoms with E-state index in [1.54, 1.807) is 26.0 Å². The molecule has 2 rings (SSSR count). The summed E-state index contributed by atoms with van der Waals surface area (Å²) >= 11 is 0. The van der Waals surface area contributed by atoms with Crippen LogP contribution in [0.25, 0.3) is 0 Å². The van der Waals surface area contributed by atoms with Gasteiger partial charge in [0, 0.05) is 23.4 Å². The van der Waals surface area contributed by atoms with Crippen LogP contribution in [0.1, 0.15) is 18.2 Å². The first kappa shape index (κ1) is 14.0. The van der Waals surface area contributed by atoms with Crippen LogP contribution in [0.4, 0.5) is 0 Å². The van der Waals surface area contributed by atoms with Gasteiger partial charge >= 0.3 is 11.9 Å². The lowest BCUT2D eigenvalue weighted by atomic mass is 9.66. The molecule has 1 aliphatic rings. The molecule has 0 bridgehead atoms. The third-order valence-electron chi connectivity index (χ3n) is 3.77. The van der Waals surface area contributed by atoms with Gasteiger partial charge < -0.3 is 10.2 Å². The maximum Gasteiger partial charge on any atom is 0.331 e. The van der Waals surface area contributed by atoms with Gasteiger partial charge in [-0.3, -0.25) is 9.78 Å². The molecule has 0 saturated heterocycles. The van der Waals surface area contributed by atoms with E-state index >= 15 is 0 Å². The Balaban J connectivity index is 2.60. The number of pyridine rings is 1. The zero-order chi connectivity index (χ0) is 14.9. The first-order valence-corrected chi connectivity index (χ1v) is 6.19. The number of hydrogen-bond donors (Lipinski definition) is 2. The van der Waals surface area contributed by atoms with Gasteiger partial charge in [-0.05, 0) is 18.6 Å². The lowest BCUT2D eigenvalue weighted by Gasteiger charge is -2.35. The summed E-state index contributed by atoms with van der Waals surface area (Å²) in [5, 5.41) is 18.9.